The average Bonchev–Trinajstić information content (AvgIpc) is 3.95. The van der Waals surface area contributed by atoms with Crippen molar-refractivity contribution in [2.24, 2.45) is 0 Å². The zero-order chi connectivity index (χ0) is 41.2. The molecule has 0 aliphatic heterocycles. The summed E-state index contributed by atoms with van der Waals surface area (Å²) in [6, 6.07) is 50.3. The summed E-state index contributed by atoms with van der Waals surface area (Å²) in [4.78, 5) is 12.3. The van der Waals surface area contributed by atoms with E-state index in [1.165, 1.54) is 44.8 Å². The second kappa shape index (κ2) is 16.8. The van der Waals surface area contributed by atoms with Crippen molar-refractivity contribution in [3.8, 4) is 45.0 Å². The van der Waals surface area contributed by atoms with Crippen LogP contribution in [0.3, 0.4) is 0 Å². The molecule has 0 aliphatic rings. The van der Waals surface area contributed by atoms with Crippen LogP contribution in [0.4, 0.5) is 17.1 Å². The number of benzene rings is 6. The van der Waals surface area contributed by atoms with Gasteiger partial charge >= 0.3 is 0 Å². The molecule has 0 fully saturated rings. The molecule has 59 heavy (non-hydrogen) atoms. The van der Waals surface area contributed by atoms with E-state index in [2.05, 4.69) is 221 Å². The lowest BCUT2D eigenvalue weighted by Gasteiger charge is -2.26. The molecule has 0 aliphatic carbocycles. The Bertz CT molecular complexity index is 2480. The summed E-state index contributed by atoms with van der Waals surface area (Å²) in [7, 11) is 0. The van der Waals surface area contributed by atoms with Gasteiger partial charge in [-0.3, -0.25) is 0 Å². The molecule has 8 aromatic rings. The lowest BCUT2D eigenvalue weighted by Crippen LogP contribution is -2.10. The van der Waals surface area contributed by atoms with Crippen LogP contribution >= 0.6 is 0 Å². The predicted octanol–water partition coefficient (Wildman–Crippen LogP) is 15.0. The minimum Gasteiger partial charge on any atom is -0.310 e. The van der Waals surface area contributed by atoms with E-state index in [1.807, 2.05) is 12.7 Å². The van der Waals surface area contributed by atoms with E-state index in [1.54, 1.807) is 0 Å². The summed E-state index contributed by atoms with van der Waals surface area (Å²) in [6.07, 6.45) is 8.32. The van der Waals surface area contributed by atoms with Gasteiger partial charge in [0.05, 0.1) is 35.4 Å². The Morgan fingerprint density at radius 1 is 0.373 bits per heavy atom. The van der Waals surface area contributed by atoms with E-state index < -0.39 is 0 Å². The van der Waals surface area contributed by atoms with Gasteiger partial charge in [0.2, 0.25) is 0 Å². The summed E-state index contributed by atoms with van der Waals surface area (Å²) >= 11 is 0. The molecule has 0 amide bonds. The number of hydrogen-bond donors (Lipinski definition) is 0. The lowest BCUT2D eigenvalue weighted by molar-refractivity contribution is 0.805. The molecule has 8 rings (SSSR count). The number of imidazole rings is 2. The Hall–Kier alpha value is -6.46. The van der Waals surface area contributed by atoms with Gasteiger partial charge in [0, 0.05) is 40.6 Å². The van der Waals surface area contributed by atoms with Crippen molar-refractivity contribution in [1.29, 1.82) is 0 Å². The molecule has 0 atom stereocenters. The van der Waals surface area contributed by atoms with Gasteiger partial charge in [0.15, 0.2) is 0 Å². The quantitative estimate of drug-likeness (QED) is 0.124. The molecule has 6 aromatic carbocycles. The van der Waals surface area contributed by atoms with E-state index in [4.69, 9.17) is 9.97 Å². The molecule has 0 saturated heterocycles. The Balaban J connectivity index is 1.21. The van der Waals surface area contributed by atoms with Gasteiger partial charge in [-0.25, -0.2) is 9.97 Å². The standard InChI is InChI=1S/C54H55N5/c1-36(2)47-22-14-23-48(37(3)4)53(47)57-32-51(55-34-57)42-18-12-20-45(30-42)59(44-28-26-41(27-29-44)40-16-10-9-11-17-40)46-21-13-19-43(31-46)52-33-58(35-56-52)54-49(38(5)6)24-15-25-50(54)39(7)8/h9-39H,1-8H3. The molecule has 0 spiro atoms. The maximum absolute atomic E-state index is 5.00. The first-order valence-electron chi connectivity index (χ1n) is 21.1. The van der Waals surface area contributed by atoms with Crippen molar-refractivity contribution in [3.63, 3.8) is 0 Å². The lowest BCUT2D eigenvalue weighted by atomic mass is 9.92. The van der Waals surface area contributed by atoms with Gasteiger partial charge in [-0.05, 0) is 93.5 Å². The monoisotopic (exact) mass is 773 g/mol. The second-order valence-corrected chi connectivity index (χ2v) is 16.9. The summed E-state index contributed by atoms with van der Waals surface area (Å²) in [5.74, 6) is 1.55. The fraction of sp³-hybridized carbons (Fsp3) is 0.222. The van der Waals surface area contributed by atoms with Crippen LogP contribution < -0.4 is 4.90 Å². The topological polar surface area (TPSA) is 38.9 Å². The van der Waals surface area contributed by atoms with Crippen LogP contribution in [0.15, 0.2) is 165 Å². The first-order chi connectivity index (χ1) is 28.6. The third kappa shape index (κ3) is 8.03. The fourth-order valence-corrected chi connectivity index (χ4v) is 8.30. The SMILES string of the molecule is CC(C)c1cccc(C(C)C)c1-n1cnc(-c2cccc(N(c3ccc(-c4ccccc4)cc3)c3cccc(-c4cn(-c5c(C(C)C)cccc5C(C)C)cn4)c3)c2)c1. The largest absolute Gasteiger partial charge is 0.310 e. The van der Waals surface area contributed by atoms with Gasteiger partial charge in [0.25, 0.3) is 0 Å². The molecule has 0 N–H and O–H groups in total. The maximum Gasteiger partial charge on any atom is 0.0999 e. The number of anilines is 3. The second-order valence-electron chi connectivity index (χ2n) is 16.9. The third-order valence-electron chi connectivity index (χ3n) is 11.4. The summed E-state index contributed by atoms with van der Waals surface area (Å²) in [6.45, 7) is 18.1. The van der Waals surface area contributed by atoms with Crippen LogP contribution in [-0.2, 0) is 0 Å². The van der Waals surface area contributed by atoms with Gasteiger partial charge < -0.3 is 14.0 Å². The van der Waals surface area contributed by atoms with Crippen molar-refractivity contribution >= 4 is 17.1 Å². The zero-order valence-electron chi connectivity index (χ0n) is 35.6. The Labute approximate surface area is 350 Å². The first kappa shape index (κ1) is 39.4. The van der Waals surface area contributed by atoms with Crippen molar-refractivity contribution in [2.45, 2.75) is 79.1 Å². The van der Waals surface area contributed by atoms with Gasteiger partial charge in [0.1, 0.15) is 0 Å². The number of para-hydroxylation sites is 2. The fourth-order valence-electron chi connectivity index (χ4n) is 8.30. The molecule has 0 unspecified atom stereocenters. The molecular weight excluding hydrogens is 719 g/mol. The van der Waals surface area contributed by atoms with Crippen LogP contribution in [0.1, 0.15) is 101 Å². The van der Waals surface area contributed by atoms with Crippen LogP contribution in [0, 0.1) is 0 Å². The first-order valence-corrected chi connectivity index (χ1v) is 21.1. The molecule has 0 bridgehead atoms. The summed E-state index contributed by atoms with van der Waals surface area (Å²) in [5, 5.41) is 0. The van der Waals surface area contributed by atoms with Gasteiger partial charge in [-0.1, -0.05) is 159 Å². The van der Waals surface area contributed by atoms with E-state index >= 15 is 0 Å². The van der Waals surface area contributed by atoms with E-state index in [0.717, 1.165) is 39.6 Å². The molecule has 296 valence electrons. The van der Waals surface area contributed by atoms with E-state index in [-0.39, 0.29) is 0 Å². The van der Waals surface area contributed by atoms with Crippen LogP contribution in [0.5, 0.6) is 0 Å². The highest BCUT2D eigenvalue weighted by molar-refractivity contribution is 5.82. The van der Waals surface area contributed by atoms with Crippen molar-refractivity contribution < 1.29 is 0 Å². The van der Waals surface area contributed by atoms with Crippen molar-refractivity contribution in [1.82, 2.24) is 19.1 Å². The van der Waals surface area contributed by atoms with Crippen LogP contribution in [0.25, 0.3) is 45.0 Å². The molecule has 5 nitrogen and oxygen atoms in total. The highest BCUT2D eigenvalue weighted by atomic mass is 15.1. The van der Waals surface area contributed by atoms with E-state index in [9.17, 15) is 0 Å². The predicted molar refractivity (Wildman–Crippen MR) is 248 cm³/mol. The number of aromatic nitrogens is 4. The van der Waals surface area contributed by atoms with Crippen molar-refractivity contribution in [2.75, 3.05) is 4.90 Å². The summed E-state index contributed by atoms with van der Waals surface area (Å²) < 4.78 is 4.44. The Morgan fingerprint density at radius 2 is 0.746 bits per heavy atom. The maximum atomic E-state index is 5.00. The average molecular weight is 774 g/mol. The molecule has 2 aromatic heterocycles. The molecule has 5 heteroatoms. The van der Waals surface area contributed by atoms with Gasteiger partial charge in [-0.15, -0.1) is 0 Å². The molecule has 0 saturated carbocycles. The molecular formula is C54H55N5. The smallest absolute Gasteiger partial charge is 0.0999 e. The normalized spacial score (nSPS) is 11.7. The molecule has 0 radical (unpaired) electrons. The van der Waals surface area contributed by atoms with Crippen LogP contribution in [0.2, 0.25) is 0 Å². The highest BCUT2D eigenvalue weighted by Crippen LogP contribution is 2.40. The molecule has 2 heterocycles. The number of hydrogen-bond acceptors (Lipinski definition) is 3. The summed E-state index contributed by atoms with van der Waals surface area (Å²) in [5.41, 5.74) is 17.3. The Kier molecular flexibility index (Phi) is 11.2. The number of nitrogens with zero attached hydrogens (tertiary/aromatic N) is 5. The minimum atomic E-state index is 0.387. The zero-order valence-corrected chi connectivity index (χ0v) is 35.6. The van der Waals surface area contributed by atoms with E-state index in [0.29, 0.717) is 23.7 Å². The minimum absolute atomic E-state index is 0.387. The third-order valence-corrected chi connectivity index (χ3v) is 11.4. The highest BCUT2D eigenvalue weighted by Gasteiger charge is 2.20. The Morgan fingerprint density at radius 3 is 1.15 bits per heavy atom. The number of rotatable bonds is 12. The van der Waals surface area contributed by atoms with Gasteiger partial charge in [-0.2, -0.15) is 0 Å². The van der Waals surface area contributed by atoms with Crippen LogP contribution in [-0.4, -0.2) is 19.1 Å². The van der Waals surface area contributed by atoms with Crippen molar-refractivity contribution in [3.05, 3.63) is 187 Å².